The highest BCUT2D eigenvalue weighted by molar-refractivity contribution is 5.23. The van der Waals surface area contributed by atoms with E-state index in [1.54, 1.807) is 0 Å². The zero-order valence-electron chi connectivity index (χ0n) is 13.6. The number of hydrogen-bond donors (Lipinski definition) is 2. The summed E-state index contributed by atoms with van der Waals surface area (Å²) in [6.45, 7) is 0.192. The average Bonchev–Trinajstić information content (AvgIpc) is 2.59. The van der Waals surface area contributed by atoms with Gasteiger partial charge in [0, 0.05) is 24.2 Å². The van der Waals surface area contributed by atoms with Crippen LogP contribution < -0.4 is 10.1 Å². The summed E-state index contributed by atoms with van der Waals surface area (Å²) in [5.74, 6) is -1.09. The number of aliphatic hydroxyl groups is 1. The lowest BCUT2D eigenvalue weighted by atomic mass is 9.89. The minimum Gasteiger partial charge on any atom is -0.488 e. The van der Waals surface area contributed by atoms with Gasteiger partial charge in [-0.15, -0.1) is 0 Å². The maximum absolute atomic E-state index is 13.7. The van der Waals surface area contributed by atoms with Crippen molar-refractivity contribution in [1.29, 1.82) is 0 Å². The van der Waals surface area contributed by atoms with Crippen molar-refractivity contribution in [3.63, 3.8) is 0 Å². The van der Waals surface area contributed by atoms with Gasteiger partial charge in [-0.1, -0.05) is 6.07 Å². The molecule has 2 aromatic rings. The molecule has 1 aliphatic rings. The van der Waals surface area contributed by atoms with Crippen LogP contribution in [0.3, 0.4) is 0 Å². The molecule has 1 aliphatic carbocycles. The molecule has 2 N–H and O–H groups in total. The van der Waals surface area contributed by atoms with Crippen molar-refractivity contribution < 1.29 is 23.0 Å². The molecule has 0 aromatic heterocycles. The number of hydrogen-bond acceptors (Lipinski definition) is 3. The van der Waals surface area contributed by atoms with Gasteiger partial charge in [0.15, 0.2) is 0 Å². The van der Waals surface area contributed by atoms with Crippen molar-refractivity contribution in [3.8, 4) is 5.75 Å². The van der Waals surface area contributed by atoms with Crippen LogP contribution >= 0.6 is 0 Å². The molecular formula is C19H20F3NO2. The van der Waals surface area contributed by atoms with Crippen molar-refractivity contribution in [3.05, 3.63) is 65.5 Å². The first-order valence-corrected chi connectivity index (χ1v) is 8.30. The van der Waals surface area contributed by atoms with Gasteiger partial charge in [0.25, 0.3) is 0 Å². The molecule has 25 heavy (non-hydrogen) atoms. The molecule has 0 saturated heterocycles. The van der Waals surface area contributed by atoms with Gasteiger partial charge < -0.3 is 15.2 Å². The molecule has 3 rings (SSSR count). The summed E-state index contributed by atoms with van der Waals surface area (Å²) in [4.78, 5) is 0. The van der Waals surface area contributed by atoms with E-state index in [1.807, 2.05) is 0 Å². The van der Waals surface area contributed by atoms with E-state index in [9.17, 15) is 18.3 Å². The lowest BCUT2D eigenvalue weighted by Gasteiger charge is -2.35. The minimum absolute atomic E-state index is 0.192. The van der Waals surface area contributed by atoms with Gasteiger partial charge >= 0.3 is 0 Å². The molecule has 0 radical (unpaired) electrons. The topological polar surface area (TPSA) is 41.5 Å². The fourth-order valence-corrected chi connectivity index (χ4v) is 3.09. The normalized spacial score (nSPS) is 23.4. The maximum atomic E-state index is 13.7. The van der Waals surface area contributed by atoms with Crippen LogP contribution in [0.1, 0.15) is 24.8 Å². The van der Waals surface area contributed by atoms with E-state index < -0.39 is 23.8 Å². The van der Waals surface area contributed by atoms with Crippen molar-refractivity contribution in [2.75, 3.05) is 0 Å². The Labute approximate surface area is 144 Å². The standard InChI is InChI=1S/C19H20F3NO2/c20-13-6-8-15(9-7-13)25-18-3-1-2-17(19(18)24)23-11-12-4-5-14(21)10-16(12)22/h4-10,17-19,23-24H,1-3,11H2/t17-,18+,19+/m0/s1. The summed E-state index contributed by atoms with van der Waals surface area (Å²) < 4.78 is 45.4. The number of halogens is 3. The molecule has 0 aliphatic heterocycles. The first-order valence-electron chi connectivity index (χ1n) is 8.30. The van der Waals surface area contributed by atoms with Crippen molar-refractivity contribution in [1.82, 2.24) is 5.32 Å². The molecule has 134 valence electrons. The molecule has 3 atom stereocenters. The first kappa shape index (κ1) is 17.8. The van der Waals surface area contributed by atoms with E-state index in [4.69, 9.17) is 4.74 Å². The highest BCUT2D eigenvalue weighted by Gasteiger charge is 2.33. The summed E-state index contributed by atoms with van der Waals surface area (Å²) in [5, 5.41) is 13.6. The number of nitrogens with one attached hydrogen (secondary N) is 1. The molecule has 2 aromatic carbocycles. The predicted molar refractivity (Wildman–Crippen MR) is 87.7 cm³/mol. The Hall–Kier alpha value is -2.05. The van der Waals surface area contributed by atoms with E-state index in [0.717, 1.165) is 18.9 Å². The summed E-state index contributed by atoms with van der Waals surface area (Å²) in [6, 6.07) is 8.82. The third kappa shape index (κ3) is 4.52. The van der Waals surface area contributed by atoms with Crippen molar-refractivity contribution in [2.45, 2.75) is 44.1 Å². The molecule has 0 unspecified atom stereocenters. The van der Waals surface area contributed by atoms with Gasteiger partial charge in [0.2, 0.25) is 0 Å². The van der Waals surface area contributed by atoms with Gasteiger partial charge in [-0.3, -0.25) is 0 Å². The molecule has 1 saturated carbocycles. The van der Waals surface area contributed by atoms with Crippen LogP contribution in [0.2, 0.25) is 0 Å². The lowest BCUT2D eigenvalue weighted by molar-refractivity contribution is -0.0158. The van der Waals surface area contributed by atoms with E-state index in [0.29, 0.717) is 17.7 Å². The number of rotatable bonds is 5. The molecule has 0 amide bonds. The van der Waals surface area contributed by atoms with Crippen LogP contribution in [0.4, 0.5) is 13.2 Å². The van der Waals surface area contributed by atoms with Gasteiger partial charge in [0.05, 0.1) is 0 Å². The Morgan fingerprint density at radius 2 is 1.72 bits per heavy atom. The summed E-state index contributed by atoms with van der Waals surface area (Å²) in [6.07, 6.45) is 1.05. The number of ether oxygens (including phenoxy) is 1. The van der Waals surface area contributed by atoms with Gasteiger partial charge in [-0.05, 0) is 49.6 Å². The largest absolute Gasteiger partial charge is 0.488 e. The number of benzene rings is 2. The van der Waals surface area contributed by atoms with E-state index >= 15 is 0 Å². The monoisotopic (exact) mass is 351 g/mol. The second-order valence-corrected chi connectivity index (χ2v) is 6.25. The Kier molecular flexibility index (Phi) is 5.60. The fourth-order valence-electron chi connectivity index (χ4n) is 3.09. The Morgan fingerprint density at radius 1 is 1.00 bits per heavy atom. The highest BCUT2D eigenvalue weighted by atomic mass is 19.1. The highest BCUT2D eigenvalue weighted by Crippen LogP contribution is 2.25. The summed E-state index contributed by atoms with van der Waals surface area (Å²) in [5.41, 5.74) is 0.343. The molecule has 0 heterocycles. The van der Waals surface area contributed by atoms with Crippen LogP contribution in [-0.2, 0) is 6.54 Å². The van der Waals surface area contributed by atoms with Crippen LogP contribution in [0.5, 0.6) is 5.75 Å². The van der Waals surface area contributed by atoms with Crippen LogP contribution in [0, 0.1) is 17.5 Å². The van der Waals surface area contributed by atoms with Crippen LogP contribution in [-0.4, -0.2) is 23.4 Å². The lowest BCUT2D eigenvalue weighted by Crippen LogP contribution is -2.51. The predicted octanol–water partition coefficient (Wildman–Crippen LogP) is 3.55. The van der Waals surface area contributed by atoms with Crippen molar-refractivity contribution >= 4 is 0 Å². The molecular weight excluding hydrogens is 331 g/mol. The van der Waals surface area contributed by atoms with Gasteiger partial charge in [-0.2, -0.15) is 0 Å². The third-order valence-corrected chi connectivity index (χ3v) is 4.47. The van der Waals surface area contributed by atoms with Crippen LogP contribution in [0.25, 0.3) is 0 Å². The quantitative estimate of drug-likeness (QED) is 0.866. The SMILES string of the molecule is O[C@@H]1[C@@H](NCc2ccc(F)cc2F)CCC[C@H]1Oc1ccc(F)cc1. The maximum Gasteiger partial charge on any atom is 0.130 e. The Bertz CT molecular complexity index is 708. The zero-order chi connectivity index (χ0) is 17.8. The Morgan fingerprint density at radius 3 is 2.44 bits per heavy atom. The molecule has 0 spiro atoms. The third-order valence-electron chi connectivity index (χ3n) is 4.47. The van der Waals surface area contributed by atoms with Crippen molar-refractivity contribution in [2.24, 2.45) is 0 Å². The number of aliphatic hydroxyl groups excluding tert-OH is 1. The fraction of sp³-hybridized carbons (Fsp3) is 0.368. The van der Waals surface area contributed by atoms with E-state index in [-0.39, 0.29) is 18.4 Å². The van der Waals surface area contributed by atoms with Gasteiger partial charge in [-0.25, -0.2) is 13.2 Å². The molecule has 3 nitrogen and oxygen atoms in total. The molecule has 0 bridgehead atoms. The summed E-state index contributed by atoms with van der Waals surface area (Å²) >= 11 is 0. The zero-order valence-corrected chi connectivity index (χ0v) is 13.6. The van der Waals surface area contributed by atoms with Gasteiger partial charge in [0.1, 0.15) is 35.4 Å². The van der Waals surface area contributed by atoms with E-state index in [1.165, 1.54) is 36.4 Å². The average molecular weight is 351 g/mol. The molecule has 6 heteroatoms. The smallest absolute Gasteiger partial charge is 0.130 e. The molecule has 1 fully saturated rings. The van der Waals surface area contributed by atoms with E-state index in [2.05, 4.69) is 5.32 Å². The minimum atomic E-state index is -0.776. The first-order chi connectivity index (χ1) is 12.0. The second-order valence-electron chi connectivity index (χ2n) is 6.25. The second kappa shape index (κ2) is 7.89. The Balaban J connectivity index is 1.59. The van der Waals surface area contributed by atoms with Crippen LogP contribution in [0.15, 0.2) is 42.5 Å². The summed E-state index contributed by atoms with van der Waals surface area (Å²) in [7, 11) is 0.